The van der Waals surface area contributed by atoms with Gasteiger partial charge in [0.2, 0.25) is 0 Å². The topological polar surface area (TPSA) is 88.7 Å². The van der Waals surface area contributed by atoms with Gasteiger partial charge in [0.15, 0.2) is 0 Å². The second-order valence-corrected chi connectivity index (χ2v) is 4.92. The molecule has 0 bridgehead atoms. The Balaban J connectivity index is 3.21. The molecular weight excluding hydrogens is 260 g/mol. The van der Waals surface area contributed by atoms with E-state index in [2.05, 4.69) is 21.7 Å². The molecule has 118 valence electrons. The third-order valence-electron chi connectivity index (χ3n) is 2.56. The number of hydrogen-bond donors (Lipinski definition) is 4. The van der Waals surface area contributed by atoms with E-state index >= 15 is 0 Å². The number of amides is 4. The van der Waals surface area contributed by atoms with Crippen LogP contribution < -0.4 is 21.7 Å². The summed E-state index contributed by atoms with van der Waals surface area (Å²) in [5.74, 6) is 0. The molecule has 0 saturated carbocycles. The molecule has 0 heterocycles. The number of carbonyl (C=O) groups is 2. The Morgan fingerprint density at radius 1 is 0.700 bits per heavy atom. The van der Waals surface area contributed by atoms with Crippen LogP contribution in [0.15, 0.2) is 0 Å². The first-order valence-corrected chi connectivity index (χ1v) is 6.85. The van der Waals surface area contributed by atoms with E-state index in [9.17, 15) is 9.59 Å². The number of nitrogens with one attached hydrogen (secondary N) is 4. The number of rotatable bonds is 9. The zero-order valence-electron chi connectivity index (χ0n) is 13.0. The van der Waals surface area contributed by atoms with Crippen molar-refractivity contribution in [2.24, 2.45) is 0 Å². The molecule has 0 aromatic carbocycles. The highest BCUT2D eigenvalue weighted by Crippen LogP contribution is 1.97. The Labute approximate surface area is 121 Å². The smallest absolute Gasteiger partial charge is 0.330 e. The number of hydrazine groups is 2. The fourth-order valence-corrected chi connectivity index (χ4v) is 1.28. The van der Waals surface area contributed by atoms with Gasteiger partial charge >= 0.3 is 12.1 Å². The molecule has 0 aliphatic heterocycles. The minimum absolute atomic E-state index is 0.147. The van der Waals surface area contributed by atoms with Gasteiger partial charge in [-0.3, -0.25) is 10.9 Å². The van der Waals surface area contributed by atoms with Crippen molar-refractivity contribution in [2.75, 3.05) is 41.3 Å². The van der Waals surface area contributed by atoms with Crippen molar-refractivity contribution >= 4 is 12.1 Å². The van der Waals surface area contributed by atoms with Crippen LogP contribution in [0.5, 0.6) is 0 Å². The number of hydrogen-bond acceptors (Lipinski definition) is 4. The molecule has 0 aliphatic carbocycles. The van der Waals surface area contributed by atoms with E-state index in [1.807, 2.05) is 0 Å². The van der Waals surface area contributed by atoms with Gasteiger partial charge in [-0.1, -0.05) is 12.8 Å². The van der Waals surface area contributed by atoms with Gasteiger partial charge in [0.05, 0.1) is 0 Å². The van der Waals surface area contributed by atoms with Crippen molar-refractivity contribution in [3.63, 3.8) is 0 Å². The van der Waals surface area contributed by atoms with Crippen molar-refractivity contribution in [3.8, 4) is 0 Å². The lowest BCUT2D eigenvalue weighted by molar-refractivity contribution is 0.211. The van der Waals surface area contributed by atoms with Crippen LogP contribution in [0, 0.1) is 0 Å². The molecule has 0 radical (unpaired) electrons. The predicted molar refractivity (Wildman–Crippen MR) is 78.9 cm³/mol. The van der Waals surface area contributed by atoms with Crippen molar-refractivity contribution < 1.29 is 9.59 Å². The lowest BCUT2D eigenvalue weighted by Gasteiger charge is -2.13. The number of urea groups is 2. The van der Waals surface area contributed by atoms with Gasteiger partial charge in [0.25, 0.3) is 0 Å². The lowest BCUT2D eigenvalue weighted by atomic mass is 10.2. The van der Waals surface area contributed by atoms with Gasteiger partial charge in [-0.2, -0.15) is 0 Å². The Morgan fingerprint density at radius 2 is 1.05 bits per heavy atom. The molecule has 0 fully saturated rings. The maximum Gasteiger partial charge on any atom is 0.331 e. The average Bonchev–Trinajstić information content (AvgIpc) is 2.39. The summed E-state index contributed by atoms with van der Waals surface area (Å²) in [7, 11) is 6.77. The van der Waals surface area contributed by atoms with Crippen LogP contribution in [-0.2, 0) is 0 Å². The molecule has 0 spiro atoms. The number of nitrogens with zero attached hydrogens (tertiary/aromatic N) is 2. The van der Waals surface area contributed by atoms with E-state index < -0.39 is 0 Å². The monoisotopic (exact) mass is 288 g/mol. The highest BCUT2D eigenvalue weighted by atomic mass is 16.2. The van der Waals surface area contributed by atoms with Gasteiger partial charge in [-0.05, 0) is 12.8 Å². The van der Waals surface area contributed by atoms with E-state index in [0.717, 1.165) is 38.8 Å². The molecule has 4 amide bonds. The van der Waals surface area contributed by atoms with Crippen molar-refractivity contribution in [1.82, 2.24) is 31.5 Å². The summed E-state index contributed by atoms with van der Waals surface area (Å²) in [4.78, 5) is 25.3. The van der Waals surface area contributed by atoms with E-state index in [1.54, 1.807) is 28.2 Å². The van der Waals surface area contributed by atoms with Crippen LogP contribution in [0.1, 0.15) is 25.7 Å². The molecule has 0 aromatic heterocycles. The molecule has 8 heteroatoms. The van der Waals surface area contributed by atoms with Crippen molar-refractivity contribution in [3.05, 3.63) is 0 Å². The quantitative estimate of drug-likeness (QED) is 0.358. The Kier molecular flexibility index (Phi) is 10.4. The summed E-state index contributed by atoms with van der Waals surface area (Å²) in [6.45, 7) is 1.51. The summed E-state index contributed by atoms with van der Waals surface area (Å²) in [6, 6.07) is -0.295. The van der Waals surface area contributed by atoms with Gasteiger partial charge in [0.1, 0.15) is 0 Å². The summed E-state index contributed by atoms with van der Waals surface area (Å²) >= 11 is 0. The van der Waals surface area contributed by atoms with E-state index in [-0.39, 0.29) is 12.1 Å². The second-order valence-electron chi connectivity index (χ2n) is 4.92. The first kappa shape index (κ1) is 18.5. The fourth-order valence-electron chi connectivity index (χ4n) is 1.28. The predicted octanol–water partition coefficient (Wildman–Crippen LogP) is 0.0984. The molecule has 0 rings (SSSR count). The molecule has 0 saturated heterocycles. The number of carbonyl (C=O) groups excluding carboxylic acids is 2. The van der Waals surface area contributed by atoms with E-state index in [0.29, 0.717) is 0 Å². The van der Waals surface area contributed by atoms with Gasteiger partial charge < -0.3 is 9.80 Å². The average molecular weight is 288 g/mol. The van der Waals surface area contributed by atoms with Crippen LogP contribution in [0.3, 0.4) is 0 Å². The molecule has 0 aliphatic rings. The first-order valence-electron chi connectivity index (χ1n) is 6.85. The lowest BCUT2D eigenvalue weighted by Crippen LogP contribution is -2.44. The molecule has 0 unspecified atom stereocenters. The molecule has 20 heavy (non-hydrogen) atoms. The minimum atomic E-state index is -0.147. The largest absolute Gasteiger partial charge is 0.331 e. The van der Waals surface area contributed by atoms with Gasteiger partial charge in [-0.25, -0.2) is 20.4 Å². The Bertz CT molecular complexity index is 255. The Hall–Kier alpha value is -1.54. The van der Waals surface area contributed by atoms with E-state index in [1.165, 1.54) is 9.80 Å². The van der Waals surface area contributed by atoms with Gasteiger partial charge in [0, 0.05) is 41.3 Å². The summed E-state index contributed by atoms with van der Waals surface area (Å²) in [5, 5.41) is 0. The van der Waals surface area contributed by atoms with Crippen LogP contribution >= 0.6 is 0 Å². The van der Waals surface area contributed by atoms with Crippen LogP contribution in [0.25, 0.3) is 0 Å². The van der Waals surface area contributed by atoms with Gasteiger partial charge in [-0.15, -0.1) is 0 Å². The van der Waals surface area contributed by atoms with Crippen molar-refractivity contribution in [1.29, 1.82) is 0 Å². The van der Waals surface area contributed by atoms with Crippen LogP contribution in [0.2, 0.25) is 0 Å². The van der Waals surface area contributed by atoms with Crippen LogP contribution in [-0.4, -0.2) is 63.1 Å². The third-order valence-corrected chi connectivity index (χ3v) is 2.56. The molecule has 4 N–H and O–H groups in total. The summed E-state index contributed by atoms with van der Waals surface area (Å²) in [6.07, 6.45) is 4.15. The fraction of sp³-hybridized carbons (Fsp3) is 0.833. The normalized spacial score (nSPS) is 10.0. The third kappa shape index (κ3) is 10.4. The number of unbranched alkanes of at least 4 members (excludes halogenated alkanes) is 3. The molecule has 8 nitrogen and oxygen atoms in total. The molecular formula is C12H28N6O2. The SMILES string of the molecule is CN(C)C(=O)NNCCCCCCNNC(=O)N(C)C. The standard InChI is InChI=1S/C12H28N6O2/c1-17(2)11(19)15-13-9-7-5-6-8-10-14-16-12(20)18(3)4/h13-14H,5-10H2,1-4H3,(H,15,19)(H,16,20). The maximum absolute atomic E-state index is 11.2. The minimum Gasteiger partial charge on any atom is -0.330 e. The highest BCUT2D eigenvalue weighted by Gasteiger charge is 2.01. The molecule has 0 atom stereocenters. The summed E-state index contributed by atoms with van der Waals surface area (Å²) < 4.78 is 0. The van der Waals surface area contributed by atoms with Crippen LogP contribution in [0.4, 0.5) is 9.59 Å². The zero-order chi connectivity index (χ0) is 15.4. The first-order chi connectivity index (χ1) is 9.45. The molecule has 0 aromatic rings. The summed E-state index contributed by atoms with van der Waals surface area (Å²) in [5.41, 5.74) is 10.9. The maximum atomic E-state index is 11.2. The highest BCUT2D eigenvalue weighted by molar-refractivity contribution is 5.73. The second kappa shape index (κ2) is 11.3. The zero-order valence-corrected chi connectivity index (χ0v) is 13.0. The van der Waals surface area contributed by atoms with Crippen molar-refractivity contribution in [2.45, 2.75) is 25.7 Å². The Morgan fingerprint density at radius 3 is 1.35 bits per heavy atom. The van der Waals surface area contributed by atoms with E-state index in [4.69, 9.17) is 0 Å².